The smallest absolute Gasteiger partial charge is 0.444 e. The highest BCUT2D eigenvalue weighted by Crippen LogP contribution is 2.33. The maximum atomic E-state index is 12.8. The van der Waals surface area contributed by atoms with E-state index in [-0.39, 0.29) is 50.0 Å². The van der Waals surface area contributed by atoms with Crippen molar-refractivity contribution in [1.82, 2.24) is 38.7 Å². The Balaban J connectivity index is 0.000000230. The van der Waals surface area contributed by atoms with Crippen LogP contribution in [0.2, 0.25) is 0 Å². The molecule has 4 fully saturated rings. The van der Waals surface area contributed by atoms with Gasteiger partial charge in [-0.25, -0.2) is 24.0 Å². The Kier molecular flexibility index (Phi) is 24.5. The van der Waals surface area contributed by atoms with Crippen LogP contribution in [-0.4, -0.2) is 167 Å². The summed E-state index contributed by atoms with van der Waals surface area (Å²) in [5, 5.41) is 19.1. The normalized spacial score (nSPS) is 22.3. The highest BCUT2D eigenvalue weighted by molar-refractivity contribution is 5.69. The minimum absolute atomic E-state index is 0.0108. The number of aliphatic hydroxyl groups excluding tert-OH is 2. The molecule has 0 saturated carbocycles. The number of likely N-dealkylation sites (tertiary alicyclic amines) is 2. The van der Waals surface area contributed by atoms with Gasteiger partial charge in [0.15, 0.2) is 0 Å². The second-order valence-electron chi connectivity index (χ2n) is 23.9. The standard InChI is InChI=1S/C31H44N4O8.C19H30N2O3.C11H16N2O4/c1-6-24-25(17-26(41-24)35-18-21(2)27(36)32-28(35)37)42-30(39)40-16-15-33(19-22-11-8-7-9-12-22)20-23-13-10-14-34(23)29(38)43-31(3,4)5;1-19(2,3)24-18(23)21-11-7-10-17(21)15-20(12-13-22)14-16-8-5-4-6-9-16;1-3-8-7(14)4-9(17-8)13-5-6(2)10(15)12-11(13)16/h7-9,11-12,18,23-26H,6,10,13-17,19-20H2,1-5H3,(H,32,36,37);4-6,8-9,17,22H,7,10-15H2,1-3H3;5,7-9,14H,3-4H2,1-2H3,(H,12,15,16)/t23-,24+,25?,26+;17-;7?,8-,9-/m001/s1. The molecule has 6 heterocycles. The van der Waals surface area contributed by atoms with E-state index in [0.29, 0.717) is 63.1 Å². The van der Waals surface area contributed by atoms with Gasteiger partial charge >= 0.3 is 29.7 Å². The molecule has 464 valence electrons. The van der Waals surface area contributed by atoms with E-state index in [2.05, 4.69) is 31.9 Å². The van der Waals surface area contributed by atoms with Gasteiger partial charge < -0.3 is 48.4 Å². The average molecular weight is 1180 g/mol. The molecule has 0 aliphatic carbocycles. The van der Waals surface area contributed by atoms with Crippen molar-refractivity contribution in [1.29, 1.82) is 0 Å². The van der Waals surface area contributed by atoms with Crippen molar-refractivity contribution < 1.29 is 53.0 Å². The summed E-state index contributed by atoms with van der Waals surface area (Å²) in [6.45, 7) is 23.7. The lowest BCUT2D eigenvalue weighted by atomic mass is 10.1. The predicted octanol–water partition coefficient (Wildman–Crippen LogP) is 6.75. The van der Waals surface area contributed by atoms with Gasteiger partial charge in [-0.1, -0.05) is 74.5 Å². The van der Waals surface area contributed by atoms with Crippen LogP contribution >= 0.6 is 0 Å². The van der Waals surface area contributed by atoms with Crippen LogP contribution < -0.4 is 22.5 Å². The summed E-state index contributed by atoms with van der Waals surface area (Å²) in [6.07, 6.45) is 4.17. The molecule has 0 bridgehead atoms. The number of aliphatic hydroxyl groups is 2. The zero-order valence-electron chi connectivity index (χ0n) is 50.7. The second kappa shape index (κ2) is 31.0. The number of aromatic nitrogens is 4. The van der Waals surface area contributed by atoms with Crippen molar-refractivity contribution in [3.63, 3.8) is 0 Å². The van der Waals surface area contributed by atoms with Gasteiger partial charge in [-0.2, -0.15) is 0 Å². The van der Waals surface area contributed by atoms with Crippen molar-refractivity contribution in [2.24, 2.45) is 0 Å². The number of hydrogen-bond acceptors (Lipinski definition) is 17. The zero-order valence-corrected chi connectivity index (χ0v) is 50.7. The average Bonchev–Trinajstić information content (AvgIpc) is 4.16. The van der Waals surface area contributed by atoms with Gasteiger partial charge in [0.25, 0.3) is 11.1 Å². The summed E-state index contributed by atoms with van der Waals surface area (Å²) in [5.74, 6) is 0. The van der Waals surface area contributed by atoms with Crippen LogP contribution in [-0.2, 0) is 41.5 Å². The van der Waals surface area contributed by atoms with E-state index in [1.54, 1.807) is 18.7 Å². The van der Waals surface area contributed by atoms with Gasteiger partial charge in [0.05, 0.1) is 24.9 Å². The molecular formula is C61H90N8O15. The lowest BCUT2D eigenvalue weighted by Crippen LogP contribution is -2.45. The van der Waals surface area contributed by atoms with Crippen LogP contribution in [0.15, 0.2) is 92.2 Å². The largest absolute Gasteiger partial charge is 0.508 e. The van der Waals surface area contributed by atoms with E-state index in [9.17, 15) is 43.8 Å². The SMILES string of the molecule is CC(C)(C)OC(=O)N1CCC[C@H]1CN(CCO)Cc1ccccc1.CC[C@H]1O[C@@H](n2cc(C)c(=O)[nH]c2=O)CC1O.CC[C@H]1O[C@@H](n2cc(C)c(=O)[nH]c2=O)CC1OC(=O)OCCN(Cc1ccccc1)C[C@@H]1CCCN1C(=O)OC(C)(C)C. The number of H-pyrrole nitrogens is 2. The summed E-state index contributed by atoms with van der Waals surface area (Å²) in [5.41, 5.74) is 0.185. The number of rotatable bonds is 18. The molecule has 4 aliphatic heterocycles. The third kappa shape index (κ3) is 20.0. The highest BCUT2D eigenvalue weighted by atomic mass is 16.7. The van der Waals surface area contributed by atoms with Gasteiger partial charge in [0.2, 0.25) is 0 Å². The third-order valence-electron chi connectivity index (χ3n) is 14.8. The van der Waals surface area contributed by atoms with Crippen molar-refractivity contribution in [3.8, 4) is 0 Å². The highest BCUT2D eigenvalue weighted by Gasteiger charge is 2.40. The van der Waals surface area contributed by atoms with Gasteiger partial charge in [-0.3, -0.25) is 38.5 Å². The van der Waals surface area contributed by atoms with Crippen molar-refractivity contribution in [2.45, 2.75) is 194 Å². The molecule has 2 amide bonds. The summed E-state index contributed by atoms with van der Waals surface area (Å²) < 4.78 is 36.5. The lowest BCUT2D eigenvalue weighted by molar-refractivity contribution is -0.0384. The van der Waals surface area contributed by atoms with Crippen molar-refractivity contribution >= 4 is 18.3 Å². The van der Waals surface area contributed by atoms with Crippen molar-refractivity contribution in [2.75, 3.05) is 52.5 Å². The number of hydrogen-bond donors (Lipinski definition) is 4. The van der Waals surface area contributed by atoms with Crippen LogP contribution in [0.5, 0.6) is 0 Å². The molecule has 2 aromatic carbocycles. The number of carbonyl (C=O) groups excluding carboxylic acids is 3. The molecule has 8 rings (SSSR count). The minimum atomic E-state index is -0.811. The molecule has 4 saturated heterocycles. The van der Waals surface area contributed by atoms with Gasteiger partial charge in [-0.15, -0.1) is 0 Å². The first-order chi connectivity index (χ1) is 39.8. The number of aryl methyl sites for hydroxylation is 2. The first kappa shape index (κ1) is 66.5. The summed E-state index contributed by atoms with van der Waals surface area (Å²) in [7, 11) is 0. The molecule has 0 spiro atoms. The zero-order chi connectivity index (χ0) is 61.3. The number of aromatic amines is 2. The number of ether oxygens (including phenoxy) is 6. The Morgan fingerprint density at radius 3 is 1.52 bits per heavy atom. The Morgan fingerprint density at radius 2 is 1.10 bits per heavy atom. The summed E-state index contributed by atoms with van der Waals surface area (Å²) >= 11 is 0. The fourth-order valence-corrected chi connectivity index (χ4v) is 10.7. The van der Waals surface area contributed by atoms with Crippen LogP contribution in [0.1, 0.15) is 141 Å². The van der Waals surface area contributed by atoms with E-state index in [0.717, 1.165) is 50.9 Å². The molecule has 23 nitrogen and oxygen atoms in total. The molecule has 0 radical (unpaired) electrons. The van der Waals surface area contributed by atoms with Gasteiger partial charge in [0, 0.05) is 101 Å². The van der Waals surface area contributed by atoms with Crippen molar-refractivity contribution in [3.05, 3.63) is 137 Å². The van der Waals surface area contributed by atoms with E-state index in [1.165, 1.54) is 27.1 Å². The Labute approximate surface area is 491 Å². The summed E-state index contributed by atoms with van der Waals surface area (Å²) in [6, 6.07) is 20.4. The first-order valence-electron chi connectivity index (χ1n) is 29.4. The molecule has 4 aromatic rings. The molecule has 2 unspecified atom stereocenters. The van der Waals surface area contributed by atoms with E-state index in [4.69, 9.17) is 28.4 Å². The molecule has 4 N–H and O–H groups in total. The van der Waals surface area contributed by atoms with E-state index >= 15 is 0 Å². The number of nitrogens with zero attached hydrogens (tertiary/aromatic N) is 6. The maximum Gasteiger partial charge on any atom is 0.508 e. The van der Waals surface area contributed by atoms with Gasteiger partial charge in [0.1, 0.15) is 36.4 Å². The minimum Gasteiger partial charge on any atom is -0.444 e. The number of amides is 2. The first-order valence-corrected chi connectivity index (χ1v) is 29.4. The number of benzene rings is 2. The molecule has 4 aliphatic rings. The Morgan fingerprint density at radius 1 is 0.655 bits per heavy atom. The second-order valence-corrected chi connectivity index (χ2v) is 23.9. The predicted molar refractivity (Wildman–Crippen MR) is 314 cm³/mol. The topological polar surface area (TPSA) is 270 Å². The lowest BCUT2D eigenvalue weighted by Gasteiger charge is -2.32. The van der Waals surface area contributed by atoms with Crippen LogP contribution in [0.25, 0.3) is 0 Å². The molecule has 84 heavy (non-hydrogen) atoms. The van der Waals surface area contributed by atoms with Gasteiger partial charge in [-0.05, 0) is 105 Å². The fraction of sp³-hybridized carbons (Fsp3) is 0.623. The quantitative estimate of drug-likeness (QED) is 0.0593. The van der Waals surface area contributed by atoms with E-state index in [1.807, 2.05) is 109 Å². The summed E-state index contributed by atoms with van der Waals surface area (Å²) in [4.78, 5) is 97.5. The van der Waals surface area contributed by atoms with Crippen LogP contribution in [0.4, 0.5) is 14.4 Å². The van der Waals surface area contributed by atoms with E-state index < -0.39 is 70.6 Å². The monoisotopic (exact) mass is 1170 g/mol. The number of carbonyl (C=O) groups is 3. The Hall–Kier alpha value is -6.63. The maximum absolute atomic E-state index is 12.8. The number of nitrogens with one attached hydrogen (secondary N) is 2. The molecule has 2 aromatic heterocycles. The molecular weight excluding hydrogens is 1080 g/mol. The van der Waals surface area contributed by atoms with Crippen LogP contribution in [0.3, 0.4) is 0 Å². The fourth-order valence-electron chi connectivity index (χ4n) is 10.7. The molecule has 8 atom stereocenters. The third-order valence-corrected chi connectivity index (χ3v) is 14.8. The molecule has 23 heteroatoms. The Bertz CT molecular complexity index is 2970. The van der Waals surface area contributed by atoms with Crippen LogP contribution in [0, 0.1) is 13.8 Å².